The van der Waals surface area contributed by atoms with Gasteiger partial charge in [0.1, 0.15) is 5.82 Å². The predicted molar refractivity (Wildman–Crippen MR) is 81.2 cm³/mol. The number of aryl methyl sites for hydroxylation is 1. The molecule has 5 heterocycles. The molecule has 4 heteroatoms. The summed E-state index contributed by atoms with van der Waals surface area (Å²) in [4.78, 5) is 9.66. The van der Waals surface area contributed by atoms with Gasteiger partial charge in [0.2, 0.25) is 0 Å². The Kier molecular flexibility index (Phi) is 3.94. The SMILES string of the molecule is CC.Cc1ccc(N2CC3CC(C2)N3C2COC2)nc1. The summed E-state index contributed by atoms with van der Waals surface area (Å²) in [7, 11) is 0. The number of aromatic nitrogens is 1. The number of piperidine rings is 1. The Morgan fingerprint density at radius 3 is 2.30 bits per heavy atom. The lowest BCUT2D eigenvalue weighted by molar-refractivity contribution is -0.141. The summed E-state index contributed by atoms with van der Waals surface area (Å²) < 4.78 is 5.31. The lowest BCUT2D eigenvalue weighted by atomic mass is 9.85. The Labute approximate surface area is 121 Å². The minimum absolute atomic E-state index is 0.696. The van der Waals surface area contributed by atoms with Gasteiger partial charge < -0.3 is 9.64 Å². The Bertz CT molecular complexity index is 432. The van der Waals surface area contributed by atoms with Gasteiger partial charge in [-0.2, -0.15) is 0 Å². The Morgan fingerprint density at radius 1 is 1.10 bits per heavy atom. The van der Waals surface area contributed by atoms with Gasteiger partial charge in [-0.05, 0) is 25.0 Å². The van der Waals surface area contributed by atoms with Crippen LogP contribution in [0, 0.1) is 6.92 Å². The minimum Gasteiger partial charge on any atom is -0.378 e. The van der Waals surface area contributed by atoms with Crippen LogP contribution < -0.4 is 4.90 Å². The van der Waals surface area contributed by atoms with E-state index in [-0.39, 0.29) is 0 Å². The lowest BCUT2D eigenvalue weighted by Gasteiger charge is -2.60. The van der Waals surface area contributed by atoms with Crippen LogP contribution in [0.5, 0.6) is 0 Å². The van der Waals surface area contributed by atoms with Crippen molar-refractivity contribution in [2.45, 2.75) is 45.3 Å². The molecule has 4 fully saturated rings. The molecule has 2 atom stereocenters. The summed E-state index contributed by atoms with van der Waals surface area (Å²) in [5.74, 6) is 1.14. The van der Waals surface area contributed by atoms with Crippen molar-refractivity contribution in [3.63, 3.8) is 0 Å². The maximum Gasteiger partial charge on any atom is 0.128 e. The molecule has 5 rings (SSSR count). The minimum atomic E-state index is 0.696. The largest absolute Gasteiger partial charge is 0.378 e. The summed E-state index contributed by atoms with van der Waals surface area (Å²) in [6, 6.07) is 6.44. The zero-order chi connectivity index (χ0) is 14.1. The van der Waals surface area contributed by atoms with Crippen LogP contribution in [0.15, 0.2) is 18.3 Å². The van der Waals surface area contributed by atoms with E-state index in [0.717, 1.165) is 44.2 Å². The van der Waals surface area contributed by atoms with Crippen molar-refractivity contribution in [3.8, 4) is 0 Å². The summed E-state index contributed by atoms with van der Waals surface area (Å²) in [5.41, 5.74) is 1.23. The normalized spacial score (nSPS) is 29.1. The second-order valence-corrected chi connectivity index (χ2v) is 5.78. The number of hydrogen-bond acceptors (Lipinski definition) is 4. The Hall–Kier alpha value is -1.13. The van der Waals surface area contributed by atoms with E-state index in [1.807, 2.05) is 20.0 Å². The van der Waals surface area contributed by atoms with Crippen molar-refractivity contribution in [1.29, 1.82) is 0 Å². The van der Waals surface area contributed by atoms with Crippen LogP contribution in [0.3, 0.4) is 0 Å². The van der Waals surface area contributed by atoms with Gasteiger partial charge in [0.05, 0.1) is 19.3 Å². The zero-order valence-electron chi connectivity index (χ0n) is 12.7. The third-order valence-corrected chi connectivity index (χ3v) is 4.51. The first-order valence-corrected chi connectivity index (χ1v) is 7.84. The molecule has 0 saturated carbocycles. The van der Waals surface area contributed by atoms with Crippen molar-refractivity contribution >= 4 is 5.82 Å². The smallest absolute Gasteiger partial charge is 0.128 e. The van der Waals surface area contributed by atoms with Crippen molar-refractivity contribution in [1.82, 2.24) is 9.88 Å². The summed E-state index contributed by atoms with van der Waals surface area (Å²) in [6.45, 7) is 10.2. The maximum atomic E-state index is 5.31. The second kappa shape index (κ2) is 5.70. The van der Waals surface area contributed by atoms with Crippen LogP contribution in [0.25, 0.3) is 0 Å². The lowest BCUT2D eigenvalue weighted by Crippen LogP contribution is -2.74. The summed E-state index contributed by atoms with van der Waals surface area (Å²) >= 11 is 0. The Balaban J connectivity index is 0.000000581. The van der Waals surface area contributed by atoms with Crippen molar-refractivity contribution < 1.29 is 4.74 Å². The predicted octanol–water partition coefficient (Wildman–Crippen LogP) is 2.08. The average molecular weight is 275 g/mol. The van der Waals surface area contributed by atoms with Gasteiger partial charge in [-0.25, -0.2) is 4.98 Å². The number of fused-ring (bicyclic) bond motifs is 2. The molecule has 110 valence electrons. The number of anilines is 1. The maximum absolute atomic E-state index is 5.31. The van der Waals surface area contributed by atoms with Crippen LogP contribution in [0.2, 0.25) is 0 Å². The highest BCUT2D eigenvalue weighted by atomic mass is 16.5. The van der Waals surface area contributed by atoms with Crippen molar-refractivity contribution in [2.24, 2.45) is 0 Å². The van der Waals surface area contributed by atoms with Crippen LogP contribution in [0.1, 0.15) is 25.8 Å². The first-order valence-electron chi connectivity index (χ1n) is 7.84. The van der Waals surface area contributed by atoms with Crippen LogP contribution in [-0.4, -0.2) is 54.3 Å². The fraction of sp³-hybridized carbons (Fsp3) is 0.688. The molecule has 0 aliphatic carbocycles. The van der Waals surface area contributed by atoms with E-state index >= 15 is 0 Å². The molecule has 4 aliphatic heterocycles. The molecule has 4 nitrogen and oxygen atoms in total. The van der Waals surface area contributed by atoms with Gasteiger partial charge in [0, 0.05) is 31.4 Å². The molecule has 1 aromatic heterocycles. The molecule has 0 spiro atoms. The highest BCUT2D eigenvalue weighted by Crippen LogP contribution is 2.37. The zero-order valence-corrected chi connectivity index (χ0v) is 12.7. The first-order chi connectivity index (χ1) is 9.81. The van der Waals surface area contributed by atoms with E-state index in [2.05, 4.69) is 33.8 Å². The van der Waals surface area contributed by atoms with Gasteiger partial charge >= 0.3 is 0 Å². The Morgan fingerprint density at radius 2 is 1.80 bits per heavy atom. The first kappa shape index (κ1) is 13.8. The van der Waals surface area contributed by atoms with Crippen LogP contribution >= 0.6 is 0 Å². The monoisotopic (exact) mass is 275 g/mol. The molecular formula is C16H25N3O. The van der Waals surface area contributed by atoms with E-state index in [9.17, 15) is 0 Å². The molecule has 2 unspecified atom stereocenters. The average Bonchev–Trinajstić information content (AvgIpc) is 2.45. The topological polar surface area (TPSA) is 28.6 Å². The number of pyridine rings is 1. The summed E-state index contributed by atoms with van der Waals surface area (Å²) in [6.07, 6.45) is 3.33. The number of ether oxygens (including phenoxy) is 1. The highest BCUT2D eigenvalue weighted by molar-refractivity contribution is 5.42. The van der Waals surface area contributed by atoms with E-state index < -0.39 is 0 Å². The van der Waals surface area contributed by atoms with Gasteiger partial charge in [0.25, 0.3) is 0 Å². The highest BCUT2D eigenvalue weighted by Gasteiger charge is 2.49. The molecule has 4 saturated heterocycles. The molecular weight excluding hydrogens is 250 g/mol. The third-order valence-electron chi connectivity index (χ3n) is 4.51. The van der Waals surface area contributed by atoms with Gasteiger partial charge in [-0.3, -0.25) is 4.90 Å². The standard InChI is InChI=1S/C14H19N3O.C2H6/c1-10-2-3-14(15-5-10)16-6-11-4-12(7-16)17(11)13-8-18-9-13;1-2/h2-3,5,11-13H,4,6-9H2,1H3;1-2H3. The number of rotatable bonds is 2. The third kappa shape index (κ3) is 2.31. The molecule has 0 aromatic carbocycles. The fourth-order valence-corrected chi connectivity index (χ4v) is 3.46. The summed E-state index contributed by atoms with van der Waals surface area (Å²) in [5, 5.41) is 0. The molecule has 0 radical (unpaired) electrons. The van der Waals surface area contributed by atoms with Gasteiger partial charge in [-0.15, -0.1) is 0 Å². The van der Waals surface area contributed by atoms with Crippen molar-refractivity contribution in [3.05, 3.63) is 23.9 Å². The molecule has 0 N–H and O–H groups in total. The van der Waals surface area contributed by atoms with E-state index in [4.69, 9.17) is 4.74 Å². The van der Waals surface area contributed by atoms with Gasteiger partial charge in [0.15, 0.2) is 0 Å². The molecule has 1 aromatic rings. The number of piperazine rings is 1. The molecule has 4 aliphatic rings. The fourth-order valence-electron chi connectivity index (χ4n) is 3.46. The van der Waals surface area contributed by atoms with Crippen LogP contribution in [0.4, 0.5) is 5.82 Å². The molecule has 2 bridgehead atoms. The van der Waals surface area contributed by atoms with Gasteiger partial charge in [-0.1, -0.05) is 19.9 Å². The van der Waals surface area contributed by atoms with Crippen LogP contribution in [-0.2, 0) is 4.74 Å². The molecule has 20 heavy (non-hydrogen) atoms. The number of hydrogen-bond donors (Lipinski definition) is 0. The molecule has 0 amide bonds. The second-order valence-electron chi connectivity index (χ2n) is 5.78. The van der Waals surface area contributed by atoms with E-state index in [0.29, 0.717) is 6.04 Å². The quantitative estimate of drug-likeness (QED) is 0.826. The van der Waals surface area contributed by atoms with E-state index in [1.54, 1.807) is 0 Å². The number of nitrogens with zero attached hydrogens (tertiary/aromatic N) is 3. The van der Waals surface area contributed by atoms with E-state index in [1.165, 1.54) is 12.0 Å². The van der Waals surface area contributed by atoms with Crippen molar-refractivity contribution in [2.75, 3.05) is 31.2 Å².